The lowest BCUT2D eigenvalue weighted by molar-refractivity contribution is -0.161. The van der Waals surface area contributed by atoms with Crippen LogP contribution in [-0.2, 0) is 15.0 Å². The molecule has 2 N–H and O–H groups in total. The van der Waals surface area contributed by atoms with Crippen molar-refractivity contribution in [3.05, 3.63) is 66.4 Å². The first kappa shape index (κ1) is 21.3. The molecule has 1 aliphatic heterocycles. The van der Waals surface area contributed by atoms with Gasteiger partial charge in [0.05, 0.1) is 10.9 Å². The van der Waals surface area contributed by atoms with Gasteiger partial charge in [-0.1, -0.05) is 42.5 Å². The summed E-state index contributed by atoms with van der Waals surface area (Å²) >= 11 is 0. The van der Waals surface area contributed by atoms with Crippen LogP contribution in [0, 0.1) is 5.41 Å². The molecule has 34 heavy (non-hydrogen) atoms. The maximum absolute atomic E-state index is 12.5. The number of carbonyl (C=O) groups excluding carboxylic acids is 1. The first-order valence-corrected chi connectivity index (χ1v) is 12.0. The molecule has 1 saturated heterocycles. The van der Waals surface area contributed by atoms with Gasteiger partial charge in [-0.3, -0.25) is 14.6 Å². The largest absolute Gasteiger partial charge is 0.481 e. The van der Waals surface area contributed by atoms with Gasteiger partial charge >= 0.3 is 5.97 Å². The summed E-state index contributed by atoms with van der Waals surface area (Å²) in [6, 6.07) is 18.1. The molecule has 3 aliphatic rings. The van der Waals surface area contributed by atoms with Crippen LogP contribution in [0.1, 0.15) is 44.1 Å². The molecule has 0 unspecified atom stereocenters. The number of pyridine rings is 1. The topological polar surface area (TPSA) is 90.7 Å². The summed E-state index contributed by atoms with van der Waals surface area (Å²) in [5.41, 5.74) is 1.84. The normalized spacial score (nSPS) is 21.7. The van der Waals surface area contributed by atoms with Gasteiger partial charge in [-0.2, -0.15) is 0 Å². The minimum Gasteiger partial charge on any atom is -0.481 e. The van der Waals surface area contributed by atoms with Crippen LogP contribution in [0.4, 0.5) is 0 Å². The molecular formula is C28H28N2O4. The molecule has 1 aromatic heterocycles. The van der Waals surface area contributed by atoms with E-state index in [1.165, 1.54) is 0 Å². The average molecular weight is 457 g/mol. The fourth-order valence-corrected chi connectivity index (χ4v) is 6.10. The predicted octanol–water partition coefficient (Wildman–Crippen LogP) is 4.15. The van der Waals surface area contributed by atoms with Gasteiger partial charge in [0.25, 0.3) is 5.91 Å². The molecule has 6 rings (SSSR count). The van der Waals surface area contributed by atoms with Crippen LogP contribution < -0.4 is 0 Å². The number of carboxylic acid groups (broad SMARTS) is 1. The highest BCUT2D eigenvalue weighted by Gasteiger charge is 2.61. The van der Waals surface area contributed by atoms with Crippen molar-refractivity contribution >= 4 is 22.8 Å². The number of hydrogen-bond acceptors (Lipinski definition) is 4. The van der Waals surface area contributed by atoms with Gasteiger partial charge in [-0.05, 0) is 72.8 Å². The monoisotopic (exact) mass is 456 g/mol. The Morgan fingerprint density at radius 1 is 0.882 bits per heavy atom. The summed E-state index contributed by atoms with van der Waals surface area (Å²) in [7, 11) is 0. The summed E-state index contributed by atoms with van der Waals surface area (Å²) in [6.45, 7) is 1.21. The molecule has 3 aromatic rings. The van der Waals surface area contributed by atoms with Gasteiger partial charge in [-0.15, -0.1) is 0 Å². The van der Waals surface area contributed by atoms with Crippen LogP contribution in [-0.4, -0.2) is 50.7 Å². The number of hydrogen-bond donors (Lipinski definition) is 2. The molecule has 6 heteroatoms. The van der Waals surface area contributed by atoms with Crippen molar-refractivity contribution in [2.45, 2.75) is 49.5 Å². The number of fused-ring (bicyclic) bond motifs is 1. The number of carbonyl (C=O) groups is 2. The SMILES string of the molecule is O=C(N1CCC2(CC1)CC(C(=O)O)(c1ccc(-c3ccc4cccnc4c3)cc1)C2)C1(O)CC1. The van der Waals surface area contributed by atoms with E-state index in [0.717, 1.165) is 40.4 Å². The van der Waals surface area contributed by atoms with Crippen LogP contribution >= 0.6 is 0 Å². The van der Waals surface area contributed by atoms with Crippen LogP contribution in [0.15, 0.2) is 60.8 Å². The summed E-state index contributed by atoms with van der Waals surface area (Å²) in [6.07, 6.45) is 5.69. The van der Waals surface area contributed by atoms with Gasteiger partial charge in [0.1, 0.15) is 5.60 Å². The van der Waals surface area contributed by atoms with Gasteiger partial charge in [-0.25, -0.2) is 0 Å². The molecule has 2 heterocycles. The zero-order valence-electron chi connectivity index (χ0n) is 19.0. The van der Waals surface area contributed by atoms with E-state index in [1.54, 1.807) is 11.1 Å². The van der Waals surface area contributed by atoms with Gasteiger partial charge in [0, 0.05) is 24.7 Å². The number of amides is 1. The Morgan fingerprint density at radius 2 is 1.56 bits per heavy atom. The van der Waals surface area contributed by atoms with Crippen molar-refractivity contribution in [3.8, 4) is 11.1 Å². The van der Waals surface area contributed by atoms with E-state index in [2.05, 4.69) is 23.2 Å². The van der Waals surface area contributed by atoms with E-state index in [9.17, 15) is 19.8 Å². The van der Waals surface area contributed by atoms with Crippen molar-refractivity contribution in [1.82, 2.24) is 9.88 Å². The molecule has 0 atom stereocenters. The standard InChI is InChI=1S/C28H28N2O4/c31-24(28(34)9-10-28)30-14-11-26(12-15-30)17-27(18-26,25(32)33)22-7-5-19(6-8-22)21-4-3-20-2-1-13-29-23(20)16-21/h1-8,13,16,34H,9-12,14-15,17-18H2,(H,32,33). The Morgan fingerprint density at radius 3 is 2.21 bits per heavy atom. The van der Waals surface area contributed by atoms with Gasteiger partial charge < -0.3 is 15.1 Å². The first-order chi connectivity index (χ1) is 16.3. The molecule has 0 radical (unpaired) electrons. The molecule has 2 aliphatic carbocycles. The Balaban J connectivity index is 1.19. The van der Waals surface area contributed by atoms with Crippen LogP contribution in [0.25, 0.3) is 22.0 Å². The molecule has 2 saturated carbocycles. The van der Waals surface area contributed by atoms with Gasteiger partial charge in [0.15, 0.2) is 0 Å². The second-order valence-corrected chi connectivity index (χ2v) is 10.6. The number of aromatic nitrogens is 1. The minimum atomic E-state index is -1.13. The highest BCUT2D eigenvalue weighted by Crippen LogP contribution is 2.61. The third-order valence-electron chi connectivity index (χ3n) is 8.37. The highest BCUT2D eigenvalue weighted by molar-refractivity contribution is 5.88. The number of likely N-dealkylation sites (tertiary alicyclic amines) is 1. The van der Waals surface area contributed by atoms with E-state index in [4.69, 9.17) is 0 Å². The summed E-state index contributed by atoms with van der Waals surface area (Å²) in [4.78, 5) is 31.1. The molecule has 3 fully saturated rings. The second-order valence-electron chi connectivity index (χ2n) is 10.6. The Bertz CT molecular complexity index is 1280. The zero-order valence-corrected chi connectivity index (χ0v) is 19.0. The lowest BCUT2D eigenvalue weighted by atomic mass is 9.47. The lowest BCUT2D eigenvalue weighted by Crippen LogP contribution is -2.59. The van der Waals surface area contributed by atoms with Crippen molar-refractivity contribution in [2.24, 2.45) is 5.41 Å². The fraction of sp³-hybridized carbons (Fsp3) is 0.393. The number of piperidine rings is 1. The summed E-state index contributed by atoms with van der Waals surface area (Å²) in [5.74, 6) is -0.919. The van der Waals surface area contributed by atoms with Crippen molar-refractivity contribution in [1.29, 1.82) is 0 Å². The third-order valence-corrected chi connectivity index (χ3v) is 8.37. The molecule has 0 bridgehead atoms. The van der Waals surface area contributed by atoms with Crippen LogP contribution in [0.5, 0.6) is 0 Å². The fourth-order valence-electron chi connectivity index (χ4n) is 6.10. The molecule has 1 amide bonds. The maximum Gasteiger partial charge on any atom is 0.314 e. The maximum atomic E-state index is 12.5. The zero-order chi connectivity index (χ0) is 23.6. The van der Waals surface area contributed by atoms with E-state index in [1.807, 2.05) is 36.4 Å². The Hall–Kier alpha value is -3.25. The van der Waals surface area contributed by atoms with Gasteiger partial charge in [0.2, 0.25) is 0 Å². The van der Waals surface area contributed by atoms with E-state index >= 15 is 0 Å². The number of aliphatic hydroxyl groups is 1. The average Bonchev–Trinajstić information content (AvgIpc) is 3.60. The molecular weight excluding hydrogens is 428 g/mol. The molecule has 2 aromatic carbocycles. The van der Waals surface area contributed by atoms with E-state index in [-0.39, 0.29) is 11.3 Å². The van der Waals surface area contributed by atoms with Crippen molar-refractivity contribution < 1.29 is 19.8 Å². The predicted molar refractivity (Wildman–Crippen MR) is 128 cm³/mol. The molecule has 6 nitrogen and oxygen atoms in total. The van der Waals surface area contributed by atoms with E-state index < -0.39 is 17.0 Å². The number of nitrogens with zero attached hydrogens (tertiary/aromatic N) is 2. The summed E-state index contributed by atoms with van der Waals surface area (Å²) < 4.78 is 0. The molecule has 174 valence electrons. The molecule has 1 spiro atoms. The lowest BCUT2D eigenvalue weighted by Gasteiger charge is -2.57. The number of carboxylic acids is 1. The van der Waals surface area contributed by atoms with Crippen molar-refractivity contribution in [3.63, 3.8) is 0 Å². The van der Waals surface area contributed by atoms with E-state index in [0.29, 0.717) is 38.8 Å². The number of rotatable bonds is 4. The Kier molecular flexibility index (Phi) is 4.62. The highest BCUT2D eigenvalue weighted by atomic mass is 16.4. The number of aliphatic carboxylic acids is 1. The van der Waals surface area contributed by atoms with Crippen LogP contribution in [0.2, 0.25) is 0 Å². The first-order valence-electron chi connectivity index (χ1n) is 12.0. The number of benzene rings is 2. The summed E-state index contributed by atoms with van der Waals surface area (Å²) in [5, 5.41) is 21.4. The smallest absolute Gasteiger partial charge is 0.314 e. The van der Waals surface area contributed by atoms with Crippen LogP contribution in [0.3, 0.4) is 0 Å². The Labute approximate surface area is 198 Å². The third kappa shape index (κ3) is 3.31. The minimum absolute atomic E-state index is 0.0377. The van der Waals surface area contributed by atoms with Crippen molar-refractivity contribution in [2.75, 3.05) is 13.1 Å². The second kappa shape index (κ2) is 7.37. The quantitative estimate of drug-likeness (QED) is 0.616.